The number of Topliss-reactive ketones (excluding diaryl/α,β-unsaturated/α-hetero) is 1. The number of hydrogen-bond acceptors (Lipinski definition) is 3. The van der Waals surface area contributed by atoms with Gasteiger partial charge in [0.15, 0.2) is 0 Å². The summed E-state index contributed by atoms with van der Waals surface area (Å²) in [4.78, 5) is 22.6. The zero-order valence-corrected chi connectivity index (χ0v) is 9.13. The summed E-state index contributed by atoms with van der Waals surface area (Å²) in [6, 6.07) is 0. The maximum absolute atomic E-state index is 11.6. The lowest BCUT2D eigenvalue weighted by Gasteiger charge is -2.22. The predicted octanol–water partition coefficient (Wildman–Crippen LogP) is 2.09. The van der Waals surface area contributed by atoms with Gasteiger partial charge in [-0.25, -0.2) is 0 Å². The van der Waals surface area contributed by atoms with Gasteiger partial charge in [0.1, 0.15) is 11.9 Å². The van der Waals surface area contributed by atoms with Gasteiger partial charge in [-0.15, -0.1) is 0 Å². The van der Waals surface area contributed by atoms with Crippen LogP contribution < -0.4 is 0 Å². The first kappa shape index (κ1) is 11.2. The Morgan fingerprint density at radius 3 is 2.64 bits per heavy atom. The lowest BCUT2D eigenvalue weighted by Crippen LogP contribution is -2.29. The second-order valence-electron chi connectivity index (χ2n) is 4.55. The van der Waals surface area contributed by atoms with Crippen molar-refractivity contribution in [2.75, 3.05) is 0 Å². The molecule has 80 valence electrons. The van der Waals surface area contributed by atoms with Gasteiger partial charge >= 0.3 is 5.97 Å². The monoisotopic (exact) mass is 198 g/mol. The molecule has 1 rings (SSSR count). The molecule has 0 saturated heterocycles. The molecule has 0 N–H and O–H groups in total. The maximum atomic E-state index is 11.6. The van der Waals surface area contributed by atoms with E-state index in [0.29, 0.717) is 19.3 Å². The summed E-state index contributed by atoms with van der Waals surface area (Å²) >= 11 is 0. The Labute approximate surface area is 84.8 Å². The van der Waals surface area contributed by atoms with Crippen molar-refractivity contribution in [3.8, 4) is 0 Å². The highest BCUT2D eigenvalue weighted by Crippen LogP contribution is 2.26. The summed E-state index contributed by atoms with van der Waals surface area (Å²) in [6.45, 7) is 5.69. The van der Waals surface area contributed by atoms with E-state index in [1.165, 1.54) is 0 Å². The van der Waals surface area contributed by atoms with E-state index in [9.17, 15) is 9.59 Å². The number of ether oxygens (including phenoxy) is 1. The molecule has 0 bridgehead atoms. The molecular formula is C11H18O3. The van der Waals surface area contributed by atoms with E-state index >= 15 is 0 Å². The van der Waals surface area contributed by atoms with Crippen LogP contribution in [0.15, 0.2) is 0 Å². The molecule has 0 heterocycles. The molecule has 1 aliphatic rings. The molecule has 1 unspecified atom stereocenters. The van der Waals surface area contributed by atoms with Crippen molar-refractivity contribution in [3.05, 3.63) is 0 Å². The van der Waals surface area contributed by atoms with Crippen LogP contribution in [0.3, 0.4) is 0 Å². The van der Waals surface area contributed by atoms with E-state index in [-0.39, 0.29) is 17.9 Å². The number of hydrogen-bond donors (Lipinski definition) is 0. The average molecular weight is 198 g/mol. The van der Waals surface area contributed by atoms with Gasteiger partial charge in [-0.2, -0.15) is 0 Å². The molecule has 1 saturated carbocycles. The van der Waals surface area contributed by atoms with Crippen LogP contribution in [-0.4, -0.2) is 17.9 Å². The maximum Gasteiger partial charge on any atom is 0.311 e. The van der Waals surface area contributed by atoms with Gasteiger partial charge in [0.05, 0.1) is 5.41 Å². The second kappa shape index (κ2) is 4.11. The summed E-state index contributed by atoms with van der Waals surface area (Å²) in [5, 5.41) is 0. The summed E-state index contributed by atoms with van der Waals surface area (Å²) in [6.07, 6.45) is 2.26. The molecule has 14 heavy (non-hydrogen) atoms. The van der Waals surface area contributed by atoms with Gasteiger partial charge in [-0.1, -0.05) is 6.92 Å². The largest absolute Gasteiger partial charge is 0.461 e. The minimum atomic E-state index is -0.425. The van der Waals surface area contributed by atoms with Crippen LogP contribution in [0.1, 0.15) is 46.5 Å². The van der Waals surface area contributed by atoms with Crippen LogP contribution in [0, 0.1) is 5.41 Å². The second-order valence-corrected chi connectivity index (χ2v) is 4.55. The van der Waals surface area contributed by atoms with Crippen molar-refractivity contribution in [3.63, 3.8) is 0 Å². The van der Waals surface area contributed by atoms with Crippen LogP contribution in [0.5, 0.6) is 0 Å². The van der Waals surface area contributed by atoms with E-state index in [1.807, 2.05) is 20.8 Å². The number of carbonyl (C=O) groups is 2. The van der Waals surface area contributed by atoms with Gasteiger partial charge in [0.2, 0.25) is 0 Å². The van der Waals surface area contributed by atoms with Gasteiger partial charge in [0.25, 0.3) is 0 Å². The van der Waals surface area contributed by atoms with E-state index < -0.39 is 5.41 Å². The van der Waals surface area contributed by atoms with Crippen LogP contribution in [0.4, 0.5) is 0 Å². The lowest BCUT2D eigenvalue weighted by molar-refractivity contribution is -0.159. The predicted molar refractivity (Wildman–Crippen MR) is 52.8 cm³/mol. The normalized spacial score (nSPS) is 22.5. The number of ketones is 1. The van der Waals surface area contributed by atoms with Crippen molar-refractivity contribution in [2.45, 2.75) is 52.6 Å². The fraction of sp³-hybridized carbons (Fsp3) is 0.818. The van der Waals surface area contributed by atoms with Crippen molar-refractivity contribution in [1.29, 1.82) is 0 Å². The van der Waals surface area contributed by atoms with Crippen LogP contribution >= 0.6 is 0 Å². The van der Waals surface area contributed by atoms with Gasteiger partial charge in [-0.3, -0.25) is 9.59 Å². The highest BCUT2D eigenvalue weighted by molar-refractivity contribution is 5.82. The highest BCUT2D eigenvalue weighted by atomic mass is 16.5. The SMILES string of the molecule is CCC(C)(C)C(=O)OC1CCC(=O)C1. The topological polar surface area (TPSA) is 43.4 Å². The third kappa shape index (κ3) is 2.56. The molecule has 0 aromatic rings. The first-order valence-electron chi connectivity index (χ1n) is 5.18. The van der Waals surface area contributed by atoms with Crippen molar-refractivity contribution >= 4 is 11.8 Å². The molecule has 1 fully saturated rings. The van der Waals surface area contributed by atoms with Crippen LogP contribution in [0.25, 0.3) is 0 Å². The van der Waals surface area contributed by atoms with E-state index in [4.69, 9.17) is 4.74 Å². The third-order valence-corrected chi connectivity index (χ3v) is 2.91. The fourth-order valence-corrected chi connectivity index (χ4v) is 1.34. The number of rotatable bonds is 3. The molecule has 0 aromatic heterocycles. The molecule has 0 amide bonds. The zero-order chi connectivity index (χ0) is 10.8. The average Bonchev–Trinajstić information content (AvgIpc) is 2.51. The molecular weight excluding hydrogens is 180 g/mol. The Kier molecular flexibility index (Phi) is 3.29. The first-order valence-corrected chi connectivity index (χ1v) is 5.18. The molecule has 0 spiro atoms. The standard InChI is InChI=1S/C11H18O3/c1-4-11(2,3)10(13)14-9-6-5-8(12)7-9/h9H,4-7H2,1-3H3. The Hall–Kier alpha value is -0.860. The van der Waals surface area contributed by atoms with Gasteiger partial charge < -0.3 is 4.74 Å². The lowest BCUT2D eigenvalue weighted by atomic mass is 9.90. The molecule has 0 aromatic carbocycles. The van der Waals surface area contributed by atoms with Crippen molar-refractivity contribution in [2.24, 2.45) is 5.41 Å². The Balaban J connectivity index is 2.45. The smallest absolute Gasteiger partial charge is 0.311 e. The molecule has 0 aliphatic heterocycles. The van der Waals surface area contributed by atoms with Crippen LogP contribution in [-0.2, 0) is 14.3 Å². The van der Waals surface area contributed by atoms with Gasteiger partial charge in [-0.05, 0) is 26.7 Å². The Morgan fingerprint density at radius 1 is 1.57 bits per heavy atom. The molecule has 1 atom stereocenters. The van der Waals surface area contributed by atoms with E-state index in [1.54, 1.807) is 0 Å². The van der Waals surface area contributed by atoms with Crippen molar-refractivity contribution < 1.29 is 14.3 Å². The first-order chi connectivity index (χ1) is 6.45. The molecule has 1 aliphatic carbocycles. The summed E-state index contributed by atoms with van der Waals surface area (Å²) in [7, 11) is 0. The number of esters is 1. The third-order valence-electron chi connectivity index (χ3n) is 2.91. The zero-order valence-electron chi connectivity index (χ0n) is 9.13. The van der Waals surface area contributed by atoms with Gasteiger partial charge in [0, 0.05) is 12.8 Å². The number of carbonyl (C=O) groups excluding carboxylic acids is 2. The van der Waals surface area contributed by atoms with E-state index in [0.717, 1.165) is 6.42 Å². The summed E-state index contributed by atoms with van der Waals surface area (Å²) in [5.41, 5.74) is -0.425. The quantitative estimate of drug-likeness (QED) is 0.652. The van der Waals surface area contributed by atoms with E-state index in [2.05, 4.69) is 0 Å². The Bertz CT molecular complexity index is 243. The molecule has 3 nitrogen and oxygen atoms in total. The highest BCUT2D eigenvalue weighted by Gasteiger charge is 2.32. The summed E-state index contributed by atoms with van der Waals surface area (Å²) in [5.74, 6) is 0.0248. The molecule has 3 heteroatoms. The van der Waals surface area contributed by atoms with Crippen LogP contribution in [0.2, 0.25) is 0 Å². The van der Waals surface area contributed by atoms with Crippen molar-refractivity contribution in [1.82, 2.24) is 0 Å². The molecule has 0 radical (unpaired) electrons. The fourth-order valence-electron chi connectivity index (χ4n) is 1.34. The summed E-state index contributed by atoms with van der Waals surface area (Å²) < 4.78 is 5.28. The minimum absolute atomic E-state index is 0.166. The minimum Gasteiger partial charge on any atom is -0.461 e. The Morgan fingerprint density at radius 2 is 2.21 bits per heavy atom.